The lowest BCUT2D eigenvalue weighted by atomic mass is 10.0. The van der Waals surface area contributed by atoms with E-state index >= 15 is 0 Å². The molecule has 1 atom stereocenters. The van der Waals surface area contributed by atoms with Gasteiger partial charge in [0, 0.05) is 26.2 Å². The number of unbranched alkanes of at least 4 members (excludes halogenated alkanes) is 1. The van der Waals surface area contributed by atoms with Gasteiger partial charge in [0.25, 0.3) is 0 Å². The number of amides is 1. The number of rotatable bonds is 6. The summed E-state index contributed by atoms with van der Waals surface area (Å²) in [7, 11) is 2.08. The second-order valence-electron chi connectivity index (χ2n) is 5.60. The highest BCUT2D eigenvalue weighted by Gasteiger charge is 2.30. The van der Waals surface area contributed by atoms with Crippen LogP contribution in [0.4, 0.5) is 0 Å². The van der Waals surface area contributed by atoms with Crippen LogP contribution in [-0.4, -0.2) is 61.5 Å². The lowest BCUT2D eigenvalue weighted by Gasteiger charge is -2.36. The Morgan fingerprint density at radius 1 is 1.33 bits per heavy atom. The van der Waals surface area contributed by atoms with E-state index in [2.05, 4.69) is 38.0 Å². The Bertz CT molecular complexity index is 249. The molecule has 0 aromatic heterocycles. The van der Waals surface area contributed by atoms with E-state index in [1.165, 1.54) is 6.42 Å². The average molecular weight is 255 g/mol. The topological polar surface area (TPSA) is 35.6 Å². The molecule has 1 fully saturated rings. The number of likely N-dealkylation sites (N-methyl/N-ethyl adjacent to an activating group) is 1. The Kier molecular flexibility index (Phi) is 6.65. The summed E-state index contributed by atoms with van der Waals surface area (Å²) < 4.78 is 0. The van der Waals surface area contributed by atoms with Crippen LogP contribution in [0.25, 0.3) is 0 Å². The Hall–Kier alpha value is -0.610. The van der Waals surface area contributed by atoms with Crippen molar-refractivity contribution in [3.05, 3.63) is 0 Å². The molecular formula is C14H29N3O. The van der Waals surface area contributed by atoms with Crippen molar-refractivity contribution < 1.29 is 4.79 Å². The van der Waals surface area contributed by atoms with Gasteiger partial charge in [-0.1, -0.05) is 27.2 Å². The van der Waals surface area contributed by atoms with Gasteiger partial charge in [-0.2, -0.15) is 0 Å². The molecule has 1 rings (SSSR count). The Balaban J connectivity index is 2.61. The third-order valence-electron chi connectivity index (χ3n) is 3.65. The van der Waals surface area contributed by atoms with E-state index in [0.717, 1.165) is 39.1 Å². The van der Waals surface area contributed by atoms with Crippen LogP contribution in [-0.2, 0) is 4.79 Å². The molecule has 1 saturated heterocycles. The molecule has 0 aliphatic carbocycles. The molecule has 1 N–H and O–H groups in total. The van der Waals surface area contributed by atoms with Gasteiger partial charge in [0.1, 0.15) is 0 Å². The van der Waals surface area contributed by atoms with Crippen molar-refractivity contribution in [2.45, 2.75) is 39.7 Å². The van der Waals surface area contributed by atoms with E-state index in [1.54, 1.807) is 0 Å². The van der Waals surface area contributed by atoms with Crippen LogP contribution in [0.3, 0.4) is 0 Å². The number of nitrogens with zero attached hydrogens (tertiary/aromatic N) is 2. The minimum Gasteiger partial charge on any atom is -0.339 e. The Morgan fingerprint density at radius 3 is 2.44 bits per heavy atom. The predicted octanol–water partition coefficient (Wildman–Crippen LogP) is 1.17. The Labute approximate surface area is 112 Å². The predicted molar refractivity (Wildman–Crippen MR) is 75.6 cm³/mol. The first-order chi connectivity index (χ1) is 8.57. The maximum Gasteiger partial charge on any atom is 0.240 e. The van der Waals surface area contributed by atoms with Gasteiger partial charge in [0.2, 0.25) is 5.91 Å². The van der Waals surface area contributed by atoms with Gasteiger partial charge < -0.3 is 10.2 Å². The number of carbonyl (C=O) groups excluding carboxylic acids is 1. The summed E-state index contributed by atoms with van der Waals surface area (Å²) >= 11 is 0. The van der Waals surface area contributed by atoms with Crippen molar-refractivity contribution in [3.8, 4) is 0 Å². The smallest absolute Gasteiger partial charge is 0.240 e. The van der Waals surface area contributed by atoms with Gasteiger partial charge in [-0.25, -0.2) is 0 Å². The van der Waals surface area contributed by atoms with E-state index < -0.39 is 0 Å². The highest BCUT2D eigenvalue weighted by Crippen LogP contribution is 2.14. The standard InChI is InChI=1S/C14H29N3O/c1-5-6-9-16(4)13(12(2)3)14(18)17-10-7-15-8-11-17/h12-13,15H,5-11H2,1-4H3. The van der Waals surface area contributed by atoms with Crippen molar-refractivity contribution in [2.24, 2.45) is 5.92 Å². The molecule has 0 spiro atoms. The highest BCUT2D eigenvalue weighted by molar-refractivity contribution is 5.82. The summed E-state index contributed by atoms with van der Waals surface area (Å²) in [5, 5.41) is 3.29. The summed E-state index contributed by atoms with van der Waals surface area (Å²) in [5.74, 6) is 0.680. The lowest BCUT2D eigenvalue weighted by Crippen LogP contribution is -2.55. The summed E-state index contributed by atoms with van der Waals surface area (Å²) in [4.78, 5) is 16.9. The molecule has 1 amide bonds. The molecule has 4 nitrogen and oxygen atoms in total. The van der Waals surface area contributed by atoms with Gasteiger partial charge in [0.15, 0.2) is 0 Å². The van der Waals surface area contributed by atoms with Crippen molar-refractivity contribution in [2.75, 3.05) is 39.8 Å². The molecule has 1 unspecified atom stereocenters. The lowest BCUT2D eigenvalue weighted by molar-refractivity contribution is -0.138. The van der Waals surface area contributed by atoms with E-state index in [9.17, 15) is 4.79 Å². The third kappa shape index (κ3) is 4.25. The molecule has 0 aromatic carbocycles. The quantitative estimate of drug-likeness (QED) is 0.774. The average Bonchev–Trinajstić information content (AvgIpc) is 2.37. The number of carbonyl (C=O) groups is 1. The molecule has 106 valence electrons. The molecule has 18 heavy (non-hydrogen) atoms. The molecule has 1 heterocycles. The maximum absolute atomic E-state index is 12.6. The summed E-state index contributed by atoms with van der Waals surface area (Å²) in [6.45, 7) is 11.0. The number of hydrogen-bond acceptors (Lipinski definition) is 3. The molecule has 0 aromatic rings. The molecule has 1 aliphatic rings. The van der Waals surface area contributed by atoms with Crippen molar-refractivity contribution in [3.63, 3.8) is 0 Å². The first kappa shape index (κ1) is 15.4. The first-order valence-corrected chi connectivity index (χ1v) is 7.27. The van der Waals surface area contributed by atoms with E-state index in [-0.39, 0.29) is 6.04 Å². The number of hydrogen-bond donors (Lipinski definition) is 1. The molecular weight excluding hydrogens is 226 g/mol. The zero-order chi connectivity index (χ0) is 13.5. The van der Waals surface area contributed by atoms with Crippen LogP contribution < -0.4 is 5.32 Å². The van der Waals surface area contributed by atoms with E-state index in [0.29, 0.717) is 11.8 Å². The zero-order valence-electron chi connectivity index (χ0n) is 12.4. The molecule has 0 radical (unpaired) electrons. The fourth-order valence-corrected chi connectivity index (χ4v) is 2.60. The minimum absolute atomic E-state index is 0.0367. The highest BCUT2D eigenvalue weighted by atomic mass is 16.2. The van der Waals surface area contributed by atoms with Gasteiger partial charge in [-0.3, -0.25) is 9.69 Å². The second-order valence-corrected chi connectivity index (χ2v) is 5.60. The first-order valence-electron chi connectivity index (χ1n) is 7.27. The summed E-state index contributed by atoms with van der Waals surface area (Å²) in [6.07, 6.45) is 2.34. The summed E-state index contributed by atoms with van der Waals surface area (Å²) in [6, 6.07) is 0.0367. The normalized spacial score (nSPS) is 18.4. The third-order valence-corrected chi connectivity index (χ3v) is 3.65. The van der Waals surface area contributed by atoms with E-state index in [4.69, 9.17) is 0 Å². The van der Waals surface area contributed by atoms with Crippen LogP contribution in [0, 0.1) is 5.92 Å². The van der Waals surface area contributed by atoms with Crippen molar-refractivity contribution >= 4 is 5.91 Å². The van der Waals surface area contributed by atoms with Gasteiger partial charge in [0.05, 0.1) is 6.04 Å². The number of piperazine rings is 1. The Morgan fingerprint density at radius 2 is 1.94 bits per heavy atom. The monoisotopic (exact) mass is 255 g/mol. The van der Waals surface area contributed by atoms with Crippen LogP contribution in [0.1, 0.15) is 33.6 Å². The molecule has 4 heteroatoms. The second kappa shape index (κ2) is 7.74. The van der Waals surface area contributed by atoms with Crippen LogP contribution in [0.2, 0.25) is 0 Å². The van der Waals surface area contributed by atoms with Crippen molar-refractivity contribution in [1.29, 1.82) is 0 Å². The molecule has 1 aliphatic heterocycles. The van der Waals surface area contributed by atoms with Gasteiger partial charge >= 0.3 is 0 Å². The van der Waals surface area contributed by atoms with Gasteiger partial charge in [-0.15, -0.1) is 0 Å². The largest absolute Gasteiger partial charge is 0.339 e. The zero-order valence-corrected chi connectivity index (χ0v) is 12.4. The molecule has 0 saturated carbocycles. The van der Waals surface area contributed by atoms with Gasteiger partial charge in [-0.05, 0) is 25.9 Å². The summed E-state index contributed by atoms with van der Waals surface area (Å²) in [5.41, 5.74) is 0. The molecule has 0 bridgehead atoms. The fraction of sp³-hybridized carbons (Fsp3) is 0.929. The fourth-order valence-electron chi connectivity index (χ4n) is 2.60. The maximum atomic E-state index is 12.6. The van der Waals surface area contributed by atoms with Crippen LogP contribution in [0.5, 0.6) is 0 Å². The van der Waals surface area contributed by atoms with E-state index in [1.807, 2.05) is 4.90 Å². The van der Waals surface area contributed by atoms with Crippen molar-refractivity contribution in [1.82, 2.24) is 15.1 Å². The van der Waals surface area contributed by atoms with Crippen LogP contribution in [0.15, 0.2) is 0 Å². The minimum atomic E-state index is 0.0367. The van der Waals surface area contributed by atoms with Crippen LogP contribution >= 0.6 is 0 Å². The number of nitrogens with one attached hydrogen (secondary N) is 1. The SMILES string of the molecule is CCCCN(C)C(C(=O)N1CCNCC1)C(C)C.